The SMILES string of the molecule is CC(F)(F)c1conc1C1CCN(CCC2(F)CCC(N)CC2)CC1. The van der Waals surface area contributed by atoms with E-state index in [4.69, 9.17) is 10.3 Å². The van der Waals surface area contributed by atoms with Crippen molar-refractivity contribution in [1.82, 2.24) is 10.1 Å². The molecule has 0 bridgehead atoms. The van der Waals surface area contributed by atoms with Crippen molar-refractivity contribution in [3.8, 4) is 0 Å². The molecule has 2 N–H and O–H groups in total. The molecule has 1 aliphatic carbocycles. The summed E-state index contributed by atoms with van der Waals surface area (Å²) in [6.45, 7) is 3.15. The maximum Gasteiger partial charge on any atom is 0.275 e. The fraction of sp³-hybridized carbons (Fsp3) is 0.833. The highest BCUT2D eigenvalue weighted by Gasteiger charge is 2.37. The zero-order valence-corrected chi connectivity index (χ0v) is 14.8. The monoisotopic (exact) mass is 359 g/mol. The second-order valence-corrected chi connectivity index (χ2v) is 7.86. The Morgan fingerprint density at radius 1 is 1.28 bits per heavy atom. The molecule has 3 rings (SSSR count). The van der Waals surface area contributed by atoms with Gasteiger partial charge in [-0.15, -0.1) is 0 Å². The number of aromatic nitrogens is 1. The highest BCUT2D eigenvalue weighted by molar-refractivity contribution is 5.24. The number of rotatable bonds is 5. The molecule has 0 aromatic carbocycles. The minimum atomic E-state index is -2.94. The van der Waals surface area contributed by atoms with E-state index in [0.717, 1.165) is 52.0 Å². The van der Waals surface area contributed by atoms with E-state index in [2.05, 4.69) is 10.1 Å². The van der Waals surface area contributed by atoms with Crippen LogP contribution < -0.4 is 5.73 Å². The number of alkyl halides is 3. The van der Waals surface area contributed by atoms with Crippen LogP contribution in [0.5, 0.6) is 0 Å². The van der Waals surface area contributed by atoms with Gasteiger partial charge in [0.25, 0.3) is 5.92 Å². The van der Waals surface area contributed by atoms with E-state index in [-0.39, 0.29) is 17.5 Å². The quantitative estimate of drug-likeness (QED) is 0.864. The van der Waals surface area contributed by atoms with Crippen LogP contribution in [0.4, 0.5) is 13.2 Å². The van der Waals surface area contributed by atoms with Gasteiger partial charge in [0.05, 0.1) is 11.3 Å². The first-order chi connectivity index (χ1) is 11.8. The van der Waals surface area contributed by atoms with Gasteiger partial charge < -0.3 is 15.2 Å². The Bertz CT molecular complexity index is 556. The minimum absolute atomic E-state index is 0.0113. The van der Waals surface area contributed by atoms with Gasteiger partial charge in [0.2, 0.25) is 0 Å². The molecule has 0 unspecified atom stereocenters. The van der Waals surface area contributed by atoms with E-state index in [9.17, 15) is 13.2 Å². The summed E-state index contributed by atoms with van der Waals surface area (Å²) in [4.78, 5) is 2.23. The minimum Gasteiger partial charge on any atom is -0.364 e. The van der Waals surface area contributed by atoms with Crippen molar-refractivity contribution in [3.05, 3.63) is 17.5 Å². The Hall–Kier alpha value is -1.08. The van der Waals surface area contributed by atoms with Crippen LogP contribution in [0.15, 0.2) is 10.8 Å². The van der Waals surface area contributed by atoms with E-state index in [1.165, 1.54) is 0 Å². The average Bonchev–Trinajstić information content (AvgIpc) is 3.07. The molecule has 4 nitrogen and oxygen atoms in total. The van der Waals surface area contributed by atoms with Crippen molar-refractivity contribution in [1.29, 1.82) is 0 Å². The van der Waals surface area contributed by atoms with Gasteiger partial charge in [-0.3, -0.25) is 0 Å². The molecule has 2 heterocycles. The fourth-order valence-corrected chi connectivity index (χ4v) is 4.06. The van der Waals surface area contributed by atoms with Crippen molar-refractivity contribution >= 4 is 0 Å². The van der Waals surface area contributed by atoms with E-state index in [1.807, 2.05) is 0 Å². The Balaban J connectivity index is 1.49. The lowest BCUT2D eigenvalue weighted by molar-refractivity contribution is 0.0152. The molecule has 1 aromatic heterocycles. The molecule has 0 spiro atoms. The second-order valence-electron chi connectivity index (χ2n) is 7.86. The van der Waals surface area contributed by atoms with Gasteiger partial charge >= 0.3 is 0 Å². The molecule has 1 saturated carbocycles. The van der Waals surface area contributed by atoms with Gasteiger partial charge in [-0.1, -0.05) is 5.16 Å². The number of nitrogens with zero attached hydrogens (tertiary/aromatic N) is 2. The van der Waals surface area contributed by atoms with E-state index in [1.54, 1.807) is 0 Å². The number of hydrogen-bond donors (Lipinski definition) is 1. The van der Waals surface area contributed by atoms with Crippen LogP contribution in [0.3, 0.4) is 0 Å². The van der Waals surface area contributed by atoms with Crippen LogP contribution in [0.1, 0.15) is 69.0 Å². The third kappa shape index (κ3) is 4.56. The van der Waals surface area contributed by atoms with Crippen LogP contribution in [0, 0.1) is 0 Å². The molecule has 0 atom stereocenters. The Morgan fingerprint density at radius 3 is 2.52 bits per heavy atom. The van der Waals surface area contributed by atoms with Gasteiger partial charge in [-0.25, -0.2) is 13.2 Å². The summed E-state index contributed by atoms with van der Waals surface area (Å²) >= 11 is 0. The van der Waals surface area contributed by atoms with Crippen molar-refractivity contribution in [2.24, 2.45) is 5.73 Å². The summed E-state index contributed by atoms with van der Waals surface area (Å²) in [5.74, 6) is -2.95. The van der Waals surface area contributed by atoms with E-state index >= 15 is 0 Å². The van der Waals surface area contributed by atoms with Gasteiger partial charge in [0, 0.05) is 25.4 Å². The number of piperidine rings is 1. The summed E-state index contributed by atoms with van der Waals surface area (Å²) in [5.41, 5.74) is 5.05. The number of hydrogen-bond acceptors (Lipinski definition) is 4. The van der Waals surface area contributed by atoms with Crippen LogP contribution in [-0.2, 0) is 5.92 Å². The number of halogens is 3. The molecule has 1 aromatic rings. The van der Waals surface area contributed by atoms with Gasteiger partial charge in [0.1, 0.15) is 11.9 Å². The summed E-state index contributed by atoms with van der Waals surface area (Å²) in [6, 6.07) is 0.146. The predicted octanol–water partition coefficient (Wildman–Crippen LogP) is 3.97. The van der Waals surface area contributed by atoms with E-state index in [0.29, 0.717) is 31.5 Å². The maximum absolute atomic E-state index is 14.8. The molecule has 1 aliphatic heterocycles. The third-order valence-corrected chi connectivity index (χ3v) is 5.85. The number of nitrogens with two attached hydrogens (primary N) is 1. The van der Waals surface area contributed by atoms with Crippen molar-refractivity contribution < 1.29 is 17.7 Å². The first kappa shape index (κ1) is 18.7. The molecule has 0 radical (unpaired) electrons. The van der Waals surface area contributed by atoms with Crippen molar-refractivity contribution in [3.63, 3.8) is 0 Å². The summed E-state index contributed by atoms with van der Waals surface area (Å²) in [5, 5.41) is 3.82. The Kier molecular flexibility index (Phi) is 5.44. The zero-order chi connectivity index (χ0) is 18.1. The average molecular weight is 359 g/mol. The molecule has 25 heavy (non-hydrogen) atoms. The van der Waals surface area contributed by atoms with Crippen LogP contribution in [-0.4, -0.2) is 41.4 Å². The fourth-order valence-electron chi connectivity index (χ4n) is 4.06. The van der Waals surface area contributed by atoms with Crippen LogP contribution in [0.25, 0.3) is 0 Å². The van der Waals surface area contributed by atoms with Crippen molar-refractivity contribution in [2.45, 2.75) is 75.4 Å². The summed E-state index contributed by atoms with van der Waals surface area (Å²) < 4.78 is 46.8. The lowest BCUT2D eigenvalue weighted by atomic mass is 9.81. The first-order valence-corrected chi connectivity index (χ1v) is 9.26. The van der Waals surface area contributed by atoms with Gasteiger partial charge in [-0.2, -0.15) is 0 Å². The molecule has 0 amide bonds. The van der Waals surface area contributed by atoms with E-state index < -0.39 is 11.6 Å². The normalized spacial score (nSPS) is 29.9. The highest BCUT2D eigenvalue weighted by atomic mass is 19.3. The molecule has 142 valence electrons. The summed E-state index contributed by atoms with van der Waals surface area (Å²) in [7, 11) is 0. The standard InChI is InChI=1S/C18H28F3N3O/c1-17(19,20)15-12-25-23-16(15)13-4-9-24(10-5-13)11-8-18(21)6-2-14(22)3-7-18/h12-14H,2-11,22H2,1H3. The highest BCUT2D eigenvalue weighted by Crippen LogP contribution is 2.38. The predicted molar refractivity (Wildman–Crippen MR) is 89.4 cm³/mol. The smallest absolute Gasteiger partial charge is 0.275 e. The van der Waals surface area contributed by atoms with Crippen LogP contribution in [0.2, 0.25) is 0 Å². The molecular formula is C18H28F3N3O. The molecule has 1 saturated heterocycles. The molecular weight excluding hydrogens is 331 g/mol. The lowest BCUT2D eigenvalue weighted by Gasteiger charge is -2.36. The van der Waals surface area contributed by atoms with Crippen LogP contribution >= 0.6 is 0 Å². The van der Waals surface area contributed by atoms with Gasteiger partial charge in [-0.05, 0) is 58.0 Å². The largest absolute Gasteiger partial charge is 0.364 e. The third-order valence-electron chi connectivity index (χ3n) is 5.85. The first-order valence-electron chi connectivity index (χ1n) is 9.26. The Labute approximate surface area is 146 Å². The second kappa shape index (κ2) is 7.27. The lowest BCUT2D eigenvalue weighted by Crippen LogP contribution is -2.40. The Morgan fingerprint density at radius 2 is 1.92 bits per heavy atom. The molecule has 2 fully saturated rings. The summed E-state index contributed by atoms with van der Waals surface area (Å²) in [6.07, 6.45) is 5.73. The van der Waals surface area contributed by atoms with Crippen molar-refractivity contribution in [2.75, 3.05) is 19.6 Å². The number of likely N-dealkylation sites (tertiary alicyclic amines) is 1. The zero-order valence-electron chi connectivity index (χ0n) is 14.8. The maximum atomic E-state index is 14.8. The van der Waals surface area contributed by atoms with Gasteiger partial charge in [0.15, 0.2) is 0 Å². The topological polar surface area (TPSA) is 55.3 Å². The molecule has 7 heteroatoms. The molecule has 2 aliphatic rings.